The van der Waals surface area contributed by atoms with Crippen molar-refractivity contribution in [2.24, 2.45) is 11.8 Å². The number of esters is 2. The van der Waals surface area contributed by atoms with E-state index in [1.807, 2.05) is 38.1 Å². The van der Waals surface area contributed by atoms with Crippen LogP contribution in [0.2, 0.25) is 0 Å². The van der Waals surface area contributed by atoms with Gasteiger partial charge >= 0.3 is 11.9 Å². The van der Waals surface area contributed by atoms with Gasteiger partial charge in [0.05, 0.1) is 11.8 Å². The third-order valence-electron chi connectivity index (χ3n) is 7.76. The molecular formula is C33H42N2O5. The first kappa shape index (κ1) is 29.4. The van der Waals surface area contributed by atoms with Gasteiger partial charge in [-0.05, 0) is 62.8 Å². The van der Waals surface area contributed by atoms with Crippen LogP contribution in [0.3, 0.4) is 0 Å². The van der Waals surface area contributed by atoms with E-state index in [0.717, 1.165) is 25.9 Å². The fraction of sp³-hybridized carbons (Fsp3) is 0.455. The summed E-state index contributed by atoms with van der Waals surface area (Å²) in [5, 5.41) is 12.7. The van der Waals surface area contributed by atoms with Crippen LogP contribution in [0.5, 0.6) is 0 Å². The monoisotopic (exact) mass is 546 g/mol. The number of rotatable bonds is 14. The van der Waals surface area contributed by atoms with Crippen molar-refractivity contribution in [2.75, 3.05) is 13.2 Å². The zero-order valence-corrected chi connectivity index (χ0v) is 24.1. The molecule has 0 aliphatic carbocycles. The average molecular weight is 547 g/mol. The number of ether oxygens (including phenoxy) is 2. The molecule has 2 aromatic carbocycles. The highest BCUT2D eigenvalue weighted by molar-refractivity contribution is 5.85. The lowest BCUT2D eigenvalue weighted by atomic mass is 10.0. The Morgan fingerprint density at radius 2 is 1.12 bits per heavy atom. The largest absolute Gasteiger partial charge is 0.463 e. The smallest absolute Gasteiger partial charge is 0.308 e. The number of aromatic nitrogens is 2. The fourth-order valence-electron chi connectivity index (χ4n) is 5.24. The highest BCUT2D eigenvalue weighted by Crippen LogP contribution is 2.25. The second-order valence-corrected chi connectivity index (χ2v) is 10.7. The summed E-state index contributed by atoms with van der Waals surface area (Å²) in [5.41, 5.74) is 4.83. The Balaban J connectivity index is 1.17. The van der Waals surface area contributed by atoms with Crippen LogP contribution < -0.4 is 0 Å². The maximum absolute atomic E-state index is 12.5. The third kappa shape index (κ3) is 6.94. The minimum Gasteiger partial charge on any atom is -0.463 e. The van der Waals surface area contributed by atoms with Crippen LogP contribution in [0.1, 0.15) is 51.7 Å². The van der Waals surface area contributed by atoms with Crippen LogP contribution in [0.15, 0.2) is 60.9 Å². The number of hydrogen-bond donors (Lipinski definition) is 1. The summed E-state index contributed by atoms with van der Waals surface area (Å²) in [4.78, 5) is 25.1. The first-order valence-electron chi connectivity index (χ1n) is 14.5. The van der Waals surface area contributed by atoms with Gasteiger partial charge in [0, 0.05) is 47.3 Å². The molecule has 1 N–H and O–H groups in total. The molecule has 2 atom stereocenters. The van der Waals surface area contributed by atoms with E-state index in [4.69, 9.17) is 9.47 Å². The van der Waals surface area contributed by atoms with Crippen molar-refractivity contribution in [3.63, 3.8) is 0 Å². The van der Waals surface area contributed by atoms with Gasteiger partial charge in [-0.15, -0.1) is 0 Å². The molecule has 2 unspecified atom stereocenters. The molecule has 0 amide bonds. The highest BCUT2D eigenvalue weighted by Gasteiger charge is 2.20. The van der Waals surface area contributed by atoms with Gasteiger partial charge < -0.3 is 23.7 Å². The molecular weight excluding hydrogens is 504 g/mol. The van der Waals surface area contributed by atoms with Crippen molar-refractivity contribution in [3.8, 4) is 0 Å². The molecule has 7 heteroatoms. The Morgan fingerprint density at radius 1 is 0.725 bits per heavy atom. The zero-order valence-electron chi connectivity index (χ0n) is 24.1. The van der Waals surface area contributed by atoms with Crippen LogP contribution in [0.25, 0.3) is 21.8 Å². The number of para-hydroxylation sites is 2. The summed E-state index contributed by atoms with van der Waals surface area (Å²) in [7, 11) is 0. The molecule has 7 nitrogen and oxygen atoms in total. The number of fused-ring (bicyclic) bond motifs is 2. The van der Waals surface area contributed by atoms with Gasteiger partial charge in [0.15, 0.2) is 0 Å². The molecule has 0 spiro atoms. The SMILES string of the molecule is CCn1cc(CCC(C)C(=O)OCC(O)COC(=O)C(C)CCc2cn(CC)c3ccccc23)c2ccccc21. The second kappa shape index (κ2) is 13.7. The third-order valence-corrected chi connectivity index (χ3v) is 7.76. The molecule has 2 aromatic heterocycles. The van der Waals surface area contributed by atoms with Crippen molar-refractivity contribution in [1.29, 1.82) is 0 Å². The summed E-state index contributed by atoms with van der Waals surface area (Å²) >= 11 is 0. The summed E-state index contributed by atoms with van der Waals surface area (Å²) in [5.74, 6) is -1.33. The van der Waals surface area contributed by atoms with E-state index < -0.39 is 6.10 Å². The number of hydrogen-bond acceptors (Lipinski definition) is 5. The predicted octanol–water partition coefficient (Wildman–Crippen LogP) is 5.92. The number of aliphatic hydroxyl groups excluding tert-OH is 1. The summed E-state index contributed by atoms with van der Waals surface area (Å²) in [6.07, 6.45) is 6.09. The van der Waals surface area contributed by atoms with E-state index in [1.165, 1.54) is 32.9 Å². The topological polar surface area (TPSA) is 82.7 Å². The standard InChI is InChI=1S/C33H42N2O5/c1-5-34-19-25(28-11-7-9-13-30(28)34)17-15-23(3)32(37)39-21-27(36)22-40-33(38)24(4)16-18-26-20-35(6-2)31-14-10-8-12-29(26)31/h7-14,19-20,23-24,27,36H,5-6,15-18,21-22H2,1-4H3. The summed E-state index contributed by atoms with van der Waals surface area (Å²) in [6.45, 7) is 9.31. The minimum absolute atomic E-state index is 0.198. The Labute approximate surface area is 236 Å². The lowest BCUT2D eigenvalue weighted by Gasteiger charge is -2.16. The Morgan fingerprint density at radius 3 is 1.52 bits per heavy atom. The van der Waals surface area contributed by atoms with E-state index in [-0.39, 0.29) is 37.0 Å². The highest BCUT2D eigenvalue weighted by atomic mass is 16.6. The van der Waals surface area contributed by atoms with E-state index in [2.05, 4.69) is 59.6 Å². The van der Waals surface area contributed by atoms with Crippen LogP contribution in [0, 0.1) is 11.8 Å². The fourth-order valence-corrected chi connectivity index (χ4v) is 5.24. The summed E-state index contributed by atoms with van der Waals surface area (Å²) < 4.78 is 15.1. The van der Waals surface area contributed by atoms with Gasteiger partial charge in [-0.25, -0.2) is 0 Å². The molecule has 40 heavy (non-hydrogen) atoms. The van der Waals surface area contributed by atoms with Gasteiger partial charge in [-0.1, -0.05) is 50.2 Å². The number of nitrogens with zero attached hydrogens (tertiary/aromatic N) is 2. The van der Waals surface area contributed by atoms with Crippen LogP contribution in [-0.4, -0.2) is 45.5 Å². The van der Waals surface area contributed by atoms with E-state index in [1.54, 1.807) is 0 Å². The molecule has 0 bridgehead atoms. The first-order valence-corrected chi connectivity index (χ1v) is 14.5. The predicted molar refractivity (Wildman–Crippen MR) is 158 cm³/mol. The van der Waals surface area contributed by atoms with Gasteiger partial charge in [0.2, 0.25) is 0 Å². The Kier molecular flexibility index (Phi) is 10.0. The van der Waals surface area contributed by atoms with Crippen molar-refractivity contribution in [3.05, 3.63) is 72.1 Å². The number of carbonyl (C=O) groups excluding carboxylic acids is 2. The quantitative estimate of drug-likeness (QED) is 0.199. The molecule has 0 saturated heterocycles. The summed E-state index contributed by atoms with van der Waals surface area (Å²) in [6, 6.07) is 16.6. The lowest BCUT2D eigenvalue weighted by Crippen LogP contribution is -2.28. The van der Waals surface area contributed by atoms with Crippen LogP contribution in [-0.2, 0) is 45.0 Å². The lowest BCUT2D eigenvalue weighted by molar-refractivity contribution is -0.157. The van der Waals surface area contributed by atoms with E-state index in [9.17, 15) is 14.7 Å². The molecule has 0 saturated carbocycles. The molecule has 0 aliphatic rings. The molecule has 0 aliphatic heterocycles. The number of carbonyl (C=O) groups is 2. The van der Waals surface area contributed by atoms with Crippen LogP contribution in [0.4, 0.5) is 0 Å². The normalized spacial score (nSPS) is 13.8. The molecule has 2 heterocycles. The van der Waals surface area contributed by atoms with Crippen molar-refractivity contribution in [2.45, 2.75) is 72.6 Å². The first-order chi connectivity index (χ1) is 19.3. The number of aryl methyl sites for hydroxylation is 4. The van der Waals surface area contributed by atoms with Gasteiger partial charge in [0.1, 0.15) is 19.3 Å². The van der Waals surface area contributed by atoms with Gasteiger partial charge in [-0.2, -0.15) is 0 Å². The molecule has 4 rings (SSSR count). The number of aliphatic hydroxyl groups is 1. The van der Waals surface area contributed by atoms with Crippen molar-refractivity contribution in [1.82, 2.24) is 9.13 Å². The number of benzene rings is 2. The zero-order chi connectivity index (χ0) is 28.6. The average Bonchev–Trinajstić information content (AvgIpc) is 3.53. The second-order valence-electron chi connectivity index (χ2n) is 10.7. The van der Waals surface area contributed by atoms with Gasteiger partial charge in [-0.3, -0.25) is 9.59 Å². The van der Waals surface area contributed by atoms with E-state index >= 15 is 0 Å². The van der Waals surface area contributed by atoms with E-state index in [0.29, 0.717) is 12.8 Å². The molecule has 0 fully saturated rings. The van der Waals surface area contributed by atoms with Crippen LogP contribution >= 0.6 is 0 Å². The molecule has 4 aromatic rings. The molecule has 0 radical (unpaired) electrons. The van der Waals surface area contributed by atoms with Crippen molar-refractivity contribution >= 4 is 33.7 Å². The Bertz CT molecular complexity index is 1330. The maximum Gasteiger partial charge on any atom is 0.308 e. The van der Waals surface area contributed by atoms with Crippen molar-refractivity contribution < 1.29 is 24.2 Å². The molecule has 214 valence electrons. The maximum atomic E-state index is 12.5. The van der Waals surface area contributed by atoms with Gasteiger partial charge in [0.25, 0.3) is 0 Å². The minimum atomic E-state index is -1.06. The Hall–Kier alpha value is -3.58.